The van der Waals surface area contributed by atoms with E-state index in [2.05, 4.69) is 5.10 Å². The van der Waals surface area contributed by atoms with Crippen LogP contribution in [0.2, 0.25) is 0 Å². The summed E-state index contributed by atoms with van der Waals surface area (Å²) in [7, 11) is -1.26. The van der Waals surface area contributed by atoms with Crippen LogP contribution in [0.4, 0.5) is 0 Å². The van der Waals surface area contributed by atoms with Gasteiger partial charge in [0.1, 0.15) is 0 Å². The second-order valence-electron chi connectivity index (χ2n) is 6.12. The summed E-state index contributed by atoms with van der Waals surface area (Å²) in [6.07, 6.45) is 0. The van der Waals surface area contributed by atoms with Gasteiger partial charge in [0.2, 0.25) is 0 Å². The Morgan fingerprint density at radius 1 is 1.26 bits per heavy atom. The van der Waals surface area contributed by atoms with Crippen molar-refractivity contribution in [1.82, 2.24) is 9.78 Å². The Morgan fingerprint density at radius 2 is 2.07 bits per heavy atom. The van der Waals surface area contributed by atoms with Crippen LogP contribution < -0.4 is 0 Å². The molecule has 7 heteroatoms. The van der Waals surface area contributed by atoms with Gasteiger partial charge in [-0.3, -0.25) is 4.21 Å². The number of rotatable bonds is 4. The second kappa shape index (κ2) is 7.09. The molecule has 27 heavy (non-hydrogen) atoms. The van der Waals surface area contributed by atoms with Gasteiger partial charge in [-0.2, -0.15) is 5.10 Å². The molecule has 1 aromatic heterocycles. The maximum Gasteiger partial charge on any atom is 0.359 e. The summed E-state index contributed by atoms with van der Waals surface area (Å²) in [5.74, 6) is -0.317. The maximum atomic E-state index is 12.7. The number of hydrogen-bond donors (Lipinski definition) is 1. The fraction of sp³-hybridized carbons (Fsp3) is 0.200. The molecule has 4 rings (SSSR count). The highest BCUT2D eigenvalue weighted by Gasteiger charge is 2.32. The van der Waals surface area contributed by atoms with Crippen molar-refractivity contribution in [2.45, 2.75) is 24.2 Å². The summed E-state index contributed by atoms with van der Waals surface area (Å²) >= 11 is 0. The number of esters is 1. The number of benzene rings is 2. The molecule has 2 aromatic carbocycles. The first kappa shape index (κ1) is 17.6. The average molecular weight is 382 g/mol. The zero-order valence-corrected chi connectivity index (χ0v) is 15.5. The normalized spacial score (nSPS) is 15.1. The molecule has 3 aromatic rings. The van der Waals surface area contributed by atoms with E-state index in [1.54, 1.807) is 11.6 Å². The zero-order valence-electron chi connectivity index (χ0n) is 14.7. The monoisotopic (exact) mass is 382 g/mol. The van der Waals surface area contributed by atoms with Crippen molar-refractivity contribution in [3.05, 3.63) is 65.4 Å². The number of carbonyl (C=O) groups excluding carboxylic acids is 1. The van der Waals surface area contributed by atoms with Crippen molar-refractivity contribution in [2.24, 2.45) is 0 Å². The van der Waals surface area contributed by atoms with E-state index in [-0.39, 0.29) is 24.7 Å². The van der Waals surface area contributed by atoms with E-state index in [4.69, 9.17) is 4.74 Å². The highest BCUT2D eigenvalue weighted by Crippen LogP contribution is 2.39. The van der Waals surface area contributed by atoms with Gasteiger partial charge in [0.15, 0.2) is 5.69 Å². The molecule has 0 saturated carbocycles. The van der Waals surface area contributed by atoms with Crippen molar-refractivity contribution in [1.29, 1.82) is 0 Å². The molecular formula is C20H18N2O4S. The van der Waals surface area contributed by atoms with Gasteiger partial charge in [-0.25, -0.2) is 9.48 Å². The van der Waals surface area contributed by atoms with E-state index in [0.717, 1.165) is 27.4 Å². The maximum absolute atomic E-state index is 12.7. The van der Waals surface area contributed by atoms with E-state index in [9.17, 15) is 14.1 Å². The summed E-state index contributed by atoms with van der Waals surface area (Å²) in [6, 6.07) is 14.7. The molecule has 1 atom stereocenters. The van der Waals surface area contributed by atoms with Gasteiger partial charge in [0, 0.05) is 16.0 Å². The minimum atomic E-state index is -1.26. The summed E-state index contributed by atoms with van der Waals surface area (Å²) in [6.45, 7) is 1.88. The number of nitrogens with zero attached hydrogens (tertiary/aromatic N) is 2. The van der Waals surface area contributed by atoms with Gasteiger partial charge in [-0.1, -0.05) is 30.3 Å². The molecule has 0 spiro atoms. The Bertz CT molecular complexity index is 1060. The average Bonchev–Trinajstić information content (AvgIpc) is 3.08. The number of hydrogen-bond acceptors (Lipinski definition) is 5. The molecule has 0 bridgehead atoms. The van der Waals surface area contributed by atoms with Crippen LogP contribution in [0.25, 0.3) is 16.9 Å². The van der Waals surface area contributed by atoms with Crippen LogP contribution >= 0.6 is 0 Å². The lowest BCUT2D eigenvalue weighted by atomic mass is 10.1. The first-order valence-corrected chi connectivity index (χ1v) is 9.93. The van der Waals surface area contributed by atoms with E-state index in [0.29, 0.717) is 5.56 Å². The van der Waals surface area contributed by atoms with Gasteiger partial charge < -0.3 is 9.84 Å². The van der Waals surface area contributed by atoms with Crippen molar-refractivity contribution in [3.8, 4) is 16.9 Å². The van der Waals surface area contributed by atoms with Crippen molar-refractivity contribution in [2.75, 3.05) is 6.61 Å². The Morgan fingerprint density at radius 3 is 2.85 bits per heavy atom. The van der Waals surface area contributed by atoms with Crippen molar-refractivity contribution in [3.63, 3.8) is 0 Å². The van der Waals surface area contributed by atoms with Crippen LogP contribution in [0, 0.1) is 0 Å². The molecule has 0 aliphatic carbocycles. The highest BCUT2D eigenvalue weighted by molar-refractivity contribution is 7.84. The molecule has 0 radical (unpaired) electrons. The topological polar surface area (TPSA) is 81.4 Å². The molecule has 6 nitrogen and oxygen atoms in total. The van der Waals surface area contributed by atoms with Crippen LogP contribution in [0.1, 0.15) is 28.5 Å². The van der Waals surface area contributed by atoms with Crippen molar-refractivity contribution >= 4 is 16.8 Å². The molecule has 1 unspecified atom stereocenters. The standard InChI is InChI=1S/C20H18N2O4S/c1-2-26-20(24)18-16-12-27(25)17-9-4-3-8-15(17)19(16)22(21-18)14-7-5-6-13(10-14)11-23/h3-10,23H,2,11-12H2,1H3. The Hall–Kier alpha value is -2.77. The van der Waals surface area contributed by atoms with Gasteiger partial charge in [0.25, 0.3) is 0 Å². The van der Waals surface area contributed by atoms with Gasteiger partial charge in [0.05, 0.1) is 41.1 Å². The molecule has 1 aliphatic rings. The summed E-state index contributed by atoms with van der Waals surface area (Å²) in [5.41, 5.74) is 3.79. The minimum Gasteiger partial charge on any atom is -0.461 e. The third-order valence-electron chi connectivity index (χ3n) is 4.45. The third kappa shape index (κ3) is 2.98. The van der Waals surface area contributed by atoms with Crippen LogP contribution in [0.5, 0.6) is 0 Å². The predicted octanol–water partition coefficient (Wildman–Crippen LogP) is 2.83. The quantitative estimate of drug-likeness (QED) is 0.702. The van der Waals surface area contributed by atoms with Crippen molar-refractivity contribution < 1.29 is 18.8 Å². The SMILES string of the molecule is CCOC(=O)c1nn(-c2cccc(CO)c2)c2c1CS(=O)c1ccccc1-2. The molecule has 0 amide bonds. The molecule has 1 aliphatic heterocycles. The summed E-state index contributed by atoms with van der Waals surface area (Å²) in [4.78, 5) is 13.2. The third-order valence-corrected chi connectivity index (χ3v) is 5.85. The van der Waals surface area contributed by atoms with E-state index in [1.165, 1.54) is 0 Å². The molecule has 2 heterocycles. The van der Waals surface area contributed by atoms with Gasteiger partial charge in [-0.05, 0) is 30.7 Å². The van der Waals surface area contributed by atoms with Crippen LogP contribution in [0.15, 0.2) is 53.4 Å². The number of aliphatic hydroxyl groups excluding tert-OH is 1. The van der Waals surface area contributed by atoms with E-state index in [1.807, 2.05) is 48.5 Å². The Balaban J connectivity index is 1.99. The Labute approximate surface area is 158 Å². The number of ether oxygens (including phenoxy) is 1. The van der Waals surface area contributed by atoms with E-state index >= 15 is 0 Å². The zero-order chi connectivity index (χ0) is 19.0. The lowest BCUT2D eigenvalue weighted by Crippen LogP contribution is -2.12. The van der Waals surface area contributed by atoms with Gasteiger partial charge >= 0.3 is 5.97 Å². The molecular weight excluding hydrogens is 364 g/mol. The summed E-state index contributed by atoms with van der Waals surface area (Å²) < 4.78 is 19.6. The minimum absolute atomic E-state index is 0.0946. The molecule has 1 N–H and O–H groups in total. The number of fused-ring (bicyclic) bond motifs is 3. The Kier molecular flexibility index (Phi) is 4.63. The predicted molar refractivity (Wildman–Crippen MR) is 101 cm³/mol. The first-order valence-electron chi connectivity index (χ1n) is 8.61. The highest BCUT2D eigenvalue weighted by atomic mass is 32.2. The fourth-order valence-electron chi connectivity index (χ4n) is 3.27. The van der Waals surface area contributed by atoms with E-state index < -0.39 is 16.8 Å². The number of carbonyl (C=O) groups is 1. The van der Waals surface area contributed by atoms with Crippen LogP contribution in [-0.2, 0) is 27.9 Å². The first-order chi connectivity index (χ1) is 13.1. The van der Waals surface area contributed by atoms with Crippen LogP contribution in [0.3, 0.4) is 0 Å². The largest absolute Gasteiger partial charge is 0.461 e. The fourth-order valence-corrected chi connectivity index (χ4v) is 4.60. The molecule has 0 saturated heterocycles. The lowest BCUT2D eigenvalue weighted by Gasteiger charge is -2.18. The number of aliphatic hydroxyl groups is 1. The number of aromatic nitrogens is 2. The second-order valence-corrected chi connectivity index (χ2v) is 7.54. The van der Waals surface area contributed by atoms with Crippen LogP contribution in [-0.4, -0.2) is 31.7 Å². The van der Waals surface area contributed by atoms with Gasteiger partial charge in [-0.15, -0.1) is 0 Å². The molecule has 138 valence electrons. The smallest absolute Gasteiger partial charge is 0.359 e. The molecule has 0 fully saturated rings. The lowest BCUT2D eigenvalue weighted by molar-refractivity contribution is 0.0518. The summed E-state index contributed by atoms with van der Waals surface area (Å²) in [5, 5.41) is 14.0.